The summed E-state index contributed by atoms with van der Waals surface area (Å²) in [4.78, 5) is 12.4. The molecule has 34 heavy (non-hydrogen) atoms. The number of nitrogen functional groups attached to an aromatic ring is 1. The van der Waals surface area contributed by atoms with Gasteiger partial charge in [0, 0.05) is 25.1 Å². The lowest BCUT2D eigenvalue weighted by Crippen LogP contribution is -2.25. The molecule has 178 valence electrons. The van der Waals surface area contributed by atoms with Crippen molar-refractivity contribution in [2.75, 3.05) is 25.6 Å². The van der Waals surface area contributed by atoms with Gasteiger partial charge in [-0.3, -0.25) is 0 Å². The average molecular weight is 467 g/mol. The first-order valence-electron chi connectivity index (χ1n) is 11.3. The van der Waals surface area contributed by atoms with Gasteiger partial charge in [0.05, 0.1) is 0 Å². The van der Waals surface area contributed by atoms with Crippen LogP contribution in [-0.4, -0.2) is 39.4 Å². The minimum atomic E-state index is -0.873. The van der Waals surface area contributed by atoms with Gasteiger partial charge in [-0.1, -0.05) is 13.8 Å². The molecule has 0 saturated carbocycles. The summed E-state index contributed by atoms with van der Waals surface area (Å²) in [5.74, 6) is 4.08. The molecule has 1 aliphatic rings. The van der Waals surface area contributed by atoms with Crippen molar-refractivity contribution in [2.24, 2.45) is 5.92 Å². The zero-order chi connectivity index (χ0) is 23.8. The Balaban J connectivity index is 1.57. The predicted molar refractivity (Wildman–Crippen MR) is 125 cm³/mol. The molecule has 3 aromatic heterocycles. The monoisotopic (exact) mass is 466 g/mol. The number of ether oxygens (including phenoxy) is 2. The van der Waals surface area contributed by atoms with Crippen LogP contribution in [0, 0.1) is 18.9 Å². The van der Waals surface area contributed by atoms with Gasteiger partial charge in [-0.05, 0) is 49.2 Å². The molecule has 0 amide bonds. The number of nitrogens with two attached hydrogens (primary N) is 1. The van der Waals surface area contributed by atoms with E-state index in [1.165, 1.54) is 0 Å². The van der Waals surface area contributed by atoms with Crippen molar-refractivity contribution < 1.29 is 18.3 Å². The zero-order valence-corrected chi connectivity index (χ0v) is 19.4. The molecule has 0 aliphatic carbocycles. The summed E-state index contributed by atoms with van der Waals surface area (Å²) in [7, 11) is 0. The lowest BCUT2D eigenvalue weighted by atomic mass is 10.0. The number of furan rings is 1. The first-order valence-corrected chi connectivity index (χ1v) is 11.3. The number of hydrogen-bond donors (Lipinski definition) is 2. The van der Waals surface area contributed by atoms with Crippen LogP contribution in [0.15, 0.2) is 28.7 Å². The Hall–Kier alpha value is -3.66. The standard InChI is InChI=1S/C24H27FN6O3/c1-13(2)11-27-6-7-31-20(28-21-22(26)29-24(25)30-23(21)31)9-15-8-18-19(33-12-32-18)10-16(15)17-5-4-14(3)34-17/h4-5,8,10,13,27H,6-7,9,11-12H2,1-3H3,(H2,26,29,30). The van der Waals surface area contributed by atoms with Gasteiger partial charge < -0.3 is 29.5 Å². The zero-order valence-electron chi connectivity index (χ0n) is 19.4. The van der Waals surface area contributed by atoms with Gasteiger partial charge >= 0.3 is 6.08 Å². The van der Waals surface area contributed by atoms with Crippen molar-refractivity contribution in [3.8, 4) is 22.8 Å². The molecule has 0 fully saturated rings. The summed E-state index contributed by atoms with van der Waals surface area (Å²) < 4.78 is 33.1. The van der Waals surface area contributed by atoms with Crippen molar-refractivity contribution in [1.29, 1.82) is 0 Å². The molecule has 4 aromatic rings. The third kappa shape index (κ3) is 4.28. The molecular formula is C24H27FN6O3. The van der Waals surface area contributed by atoms with Crippen LogP contribution in [0.1, 0.15) is 31.0 Å². The van der Waals surface area contributed by atoms with Crippen molar-refractivity contribution in [2.45, 2.75) is 33.7 Å². The molecule has 0 spiro atoms. The number of halogens is 1. The fraction of sp³-hybridized carbons (Fsp3) is 0.375. The van der Waals surface area contributed by atoms with Gasteiger partial charge in [0.1, 0.15) is 17.3 Å². The van der Waals surface area contributed by atoms with Crippen molar-refractivity contribution in [1.82, 2.24) is 24.8 Å². The van der Waals surface area contributed by atoms with Crippen molar-refractivity contribution in [3.05, 3.63) is 47.5 Å². The summed E-state index contributed by atoms with van der Waals surface area (Å²) >= 11 is 0. The van der Waals surface area contributed by atoms with E-state index in [0.717, 1.165) is 29.2 Å². The van der Waals surface area contributed by atoms with Gasteiger partial charge in [0.2, 0.25) is 6.79 Å². The molecule has 0 bridgehead atoms. The molecule has 0 radical (unpaired) electrons. The van der Waals surface area contributed by atoms with Gasteiger partial charge in [-0.15, -0.1) is 0 Å². The van der Waals surface area contributed by atoms with E-state index in [0.29, 0.717) is 53.9 Å². The highest BCUT2D eigenvalue weighted by atomic mass is 19.1. The van der Waals surface area contributed by atoms with Crippen molar-refractivity contribution in [3.63, 3.8) is 0 Å². The normalized spacial score (nSPS) is 12.9. The lowest BCUT2D eigenvalue weighted by Gasteiger charge is -2.13. The fourth-order valence-electron chi connectivity index (χ4n) is 4.10. The molecular weight excluding hydrogens is 439 g/mol. The Morgan fingerprint density at radius 1 is 1.15 bits per heavy atom. The van der Waals surface area contributed by atoms with Crippen LogP contribution in [0.5, 0.6) is 11.5 Å². The van der Waals surface area contributed by atoms with E-state index in [9.17, 15) is 4.39 Å². The first kappa shape index (κ1) is 22.1. The number of aromatic nitrogens is 4. The number of rotatable bonds is 8. The van der Waals surface area contributed by atoms with Gasteiger partial charge in [0.25, 0.3) is 0 Å². The Bertz CT molecular complexity index is 1350. The number of hydrogen-bond acceptors (Lipinski definition) is 8. The van der Waals surface area contributed by atoms with Gasteiger partial charge in [-0.2, -0.15) is 14.4 Å². The number of anilines is 1. The lowest BCUT2D eigenvalue weighted by molar-refractivity contribution is 0.174. The number of nitrogens with one attached hydrogen (secondary N) is 1. The van der Waals surface area contributed by atoms with Crippen LogP contribution in [0.25, 0.3) is 22.5 Å². The van der Waals surface area contributed by atoms with Crippen LogP contribution in [0.4, 0.5) is 10.2 Å². The van der Waals surface area contributed by atoms with E-state index in [1.807, 2.05) is 35.8 Å². The van der Waals surface area contributed by atoms with Gasteiger partial charge in [0.15, 0.2) is 28.5 Å². The van der Waals surface area contributed by atoms with E-state index < -0.39 is 6.08 Å². The Morgan fingerprint density at radius 3 is 2.68 bits per heavy atom. The number of nitrogens with zero attached hydrogens (tertiary/aromatic N) is 4. The Labute approximate surface area is 196 Å². The van der Waals surface area contributed by atoms with Crippen LogP contribution < -0.4 is 20.5 Å². The number of imidazole rings is 1. The van der Waals surface area contributed by atoms with Crippen LogP contribution in [-0.2, 0) is 13.0 Å². The van der Waals surface area contributed by atoms with Crippen molar-refractivity contribution >= 4 is 17.0 Å². The quantitative estimate of drug-likeness (QED) is 0.299. The largest absolute Gasteiger partial charge is 0.461 e. The minimum Gasteiger partial charge on any atom is -0.461 e. The molecule has 0 atom stereocenters. The SMILES string of the molecule is Cc1ccc(-c2cc3c(cc2Cc2nc4c(N)nc(F)nc4n2CCNCC(C)C)OCO3)o1. The molecule has 0 saturated heterocycles. The van der Waals surface area contributed by atoms with E-state index in [4.69, 9.17) is 24.6 Å². The summed E-state index contributed by atoms with van der Waals surface area (Å²) in [6.45, 7) is 8.45. The molecule has 0 unspecified atom stereocenters. The molecule has 1 aromatic carbocycles. The average Bonchev–Trinajstić information content (AvgIpc) is 3.49. The number of aryl methyl sites for hydroxylation is 1. The maximum absolute atomic E-state index is 14.0. The summed E-state index contributed by atoms with van der Waals surface area (Å²) in [5, 5.41) is 3.41. The van der Waals surface area contributed by atoms with Crippen LogP contribution >= 0.6 is 0 Å². The van der Waals surface area contributed by atoms with E-state index in [1.54, 1.807) is 0 Å². The van der Waals surface area contributed by atoms with E-state index in [-0.39, 0.29) is 12.6 Å². The third-order valence-corrected chi connectivity index (χ3v) is 5.69. The van der Waals surface area contributed by atoms with Crippen LogP contribution in [0.3, 0.4) is 0 Å². The smallest absolute Gasteiger partial charge is 0.312 e. The molecule has 3 N–H and O–H groups in total. The topological polar surface area (TPSA) is 113 Å². The molecule has 10 heteroatoms. The Kier molecular flexibility index (Phi) is 5.82. The highest BCUT2D eigenvalue weighted by Crippen LogP contribution is 2.40. The highest BCUT2D eigenvalue weighted by Gasteiger charge is 2.23. The summed E-state index contributed by atoms with van der Waals surface area (Å²) in [5.41, 5.74) is 8.56. The molecule has 9 nitrogen and oxygen atoms in total. The maximum Gasteiger partial charge on any atom is 0.312 e. The number of fused-ring (bicyclic) bond motifs is 2. The molecule has 4 heterocycles. The maximum atomic E-state index is 14.0. The predicted octanol–water partition coefficient (Wildman–Crippen LogP) is 3.68. The fourth-order valence-corrected chi connectivity index (χ4v) is 4.10. The van der Waals surface area contributed by atoms with Gasteiger partial charge in [-0.25, -0.2) is 4.98 Å². The minimum absolute atomic E-state index is 0.0187. The van der Waals surface area contributed by atoms with Crippen LogP contribution in [0.2, 0.25) is 0 Å². The second-order valence-corrected chi connectivity index (χ2v) is 8.78. The first-order chi connectivity index (χ1) is 16.4. The van der Waals surface area contributed by atoms with E-state index in [2.05, 4.69) is 29.1 Å². The molecule has 1 aliphatic heterocycles. The second-order valence-electron chi connectivity index (χ2n) is 8.78. The summed E-state index contributed by atoms with van der Waals surface area (Å²) in [6, 6.07) is 7.69. The second kappa shape index (κ2) is 8.94. The third-order valence-electron chi connectivity index (χ3n) is 5.69. The molecule has 5 rings (SSSR count). The summed E-state index contributed by atoms with van der Waals surface area (Å²) in [6.07, 6.45) is -0.449. The highest BCUT2D eigenvalue weighted by molar-refractivity contribution is 5.82. The Morgan fingerprint density at radius 2 is 1.94 bits per heavy atom. The van der Waals surface area contributed by atoms with E-state index >= 15 is 0 Å². The number of benzene rings is 1.